The summed E-state index contributed by atoms with van der Waals surface area (Å²) in [4.78, 5) is 22.3. The highest BCUT2D eigenvalue weighted by Crippen LogP contribution is 2.28. The number of aliphatic hydroxyl groups is 1. The predicted octanol–water partition coefficient (Wildman–Crippen LogP) is 1.11. The van der Waals surface area contributed by atoms with Gasteiger partial charge in [0.05, 0.1) is 6.20 Å². The van der Waals surface area contributed by atoms with Crippen molar-refractivity contribution in [1.29, 1.82) is 0 Å². The molecule has 22 heavy (non-hydrogen) atoms. The minimum Gasteiger partial charge on any atom is -0.386 e. The molecule has 6 nitrogen and oxygen atoms in total. The number of carbonyl (C=O) groups excluding carboxylic acids is 1. The van der Waals surface area contributed by atoms with E-state index in [1.54, 1.807) is 18.6 Å². The number of aromatic nitrogens is 2. The Morgan fingerprint density at radius 3 is 2.95 bits per heavy atom. The summed E-state index contributed by atoms with van der Waals surface area (Å²) in [6, 6.07) is 0. The van der Waals surface area contributed by atoms with Crippen molar-refractivity contribution in [2.45, 2.75) is 44.1 Å². The maximum atomic E-state index is 12.0. The number of rotatable bonds is 5. The van der Waals surface area contributed by atoms with Gasteiger partial charge in [-0.1, -0.05) is 12.8 Å². The van der Waals surface area contributed by atoms with E-state index in [9.17, 15) is 9.90 Å². The standard InChI is InChI=1S/C16H24N4O2/c21-15(9-13-3-1-2-4-13)19-11-16(22)5-8-20(12-16)14-10-17-6-7-18-14/h6-7,10,13,22H,1-5,8-9,11-12H2,(H,19,21). The van der Waals surface area contributed by atoms with Gasteiger partial charge in [0, 0.05) is 38.4 Å². The van der Waals surface area contributed by atoms with E-state index in [0.717, 1.165) is 25.2 Å². The van der Waals surface area contributed by atoms with Gasteiger partial charge in [0.1, 0.15) is 11.4 Å². The van der Waals surface area contributed by atoms with Crippen molar-refractivity contribution in [2.24, 2.45) is 5.92 Å². The molecule has 1 amide bonds. The highest BCUT2D eigenvalue weighted by atomic mass is 16.3. The first-order valence-electron chi connectivity index (χ1n) is 8.15. The molecule has 1 aliphatic carbocycles. The van der Waals surface area contributed by atoms with Crippen molar-refractivity contribution >= 4 is 11.7 Å². The molecule has 120 valence electrons. The van der Waals surface area contributed by atoms with E-state index >= 15 is 0 Å². The zero-order chi connectivity index (χ0) is 15.4. The van der Waals surface area contributed by atoms with Crippen LogP contribution in [0.3, 0.4) is 0 Å². The molecule has 0 spiro atoms. The molecule has 1 unspecified atom stereocenters. The van der Waals surface area contributed by atoms with Crippen molar-refractivity contribution in [3.63, 3.8) is 0 Å². The van der Waals surface area contributed by atoms with E-state index in [0.29, 0.717) is 31.8 Å². The molecule has 1 aromatic heterocycles. The van der Waals surface area contributed by atoms with Crippen molar-refractivity contribution in [1.82, 2.24) is 15.3 Å². The number of anilines is 1. The molecule has 2 heterocycles. The Kier molecular flexibility index (Phi) is 4.57. The van der Waals surface area contributed by atoms with Crippen LogP contribution in [0, 0.1) is 5.92 Å². The van der Waals surface area contributed by atoms with Gasteiger partial charge in [-0.25, -0.2) is 4.98 Å². The molecule has 0 radical (unpaired) electrons. The van der Waals surface area contributed by atoms with Crippen LogP contribution in [0.5, 0.6) is 0 Å². The van der Waals surface area contributed by atoms with Crippen LogP contribution in [0.4, 0.5) is 5.82 Å². The van der Waals surface area contributed by atoms with E-state index in [1.165, 1.54) is 12.8 Å². The molecule has 2 aliphatic rings. The lowest BCUT2D eigenvalue weighted by Gasteiger charge is -2.24. The molecule has 2 N–H and O–H groups in total. The first kappa shape index (κ1) is 15.2. The smallest absolute Gasteiger partial charge is 0.220 e. The fraction of sp³-hybridized carbons (Fsp3) is 0.688. The van der Waals surface area contributed by atoms with Crippen LogP contribution >= 0.6 is 0 Å². The molecule has 1 aromatic rings. The molecule has 1 atom stereocenters. The first-order chi connectivity index (χ1) is 10.6. The Morgan fingerprint density at radius 1 is 1.41 bits per heavy atom. The molecule has 1 saturated heterocycles. The second-order valence-corrected chi connectivity index (χ2v) is 6.59. The van der Waals surface area contributed by atoms with Crippen LogP contribution in [0.1, 0.15) is 38.5 Å². The van der Waals surface area contributed by atoms with Gasteiger partial charge in [0.25, 0.3) is 0 Å². The summed E-state index contributed by atoms with van der Waals surface area (Å²) in [7, 11) is 0. The van der Waals surface area contributed by atoms with Crippen LogP contribution in [0.2, 0.25) is 0 Å². The number of carbonyl (C=O) groups is 1. The Morgan fingerprint density at radius 2 is 2.23 bits per heavy atom. The molecule has 0 bridgehead atoms. The average Bonchev–Trinajstić information content (AvgIpc) is 3.17. The number of nitrogens with one attached hydrogen (secondary N) is 1. The minimum absolute atomic E-state index is 0.0678. The summed E-state index contributed by atoms with van der Waals surface area (Å²) < 4.78 is 0. The van der Waals surface area contributed by atoms with Crippen molar-refractivity contribution in [3.05, 3.63) is 18.6 Å². The topological polar surface area (TPSA) is 78.4 Å². The number of β-amino-alcohol motifs (C(OH)–C–C–N with tert-alkyl or cyclic N) is 1. The summed E-state index contributed by atoms with van der Waals surface area (Å²) in [5.74, 6) is 1.38. The van der Waals surface area contributed by atoms with Crippen LogP contribution in [0.25, 0.3) is 0 Å². The Bertz CT molecular complexity index is 504. The van der Waals surface area contributed by atoms with E-state index in [4.69, 9.17) is 0 Å². The second kappa shape index (κ2) is 6.60. The fourth-order valence-electron chi connectivity index (χ4n) is 3.46. The van der Waals surface area contributed by atoms with E-state index in [2.05, 4.69) is 15.3 Å². The number of hydrogen-bond acceptors (Lipinski definition) is 5. The van der Waals surface area contributed by atoms with E-state index in [1.807, 2.05) is 4.90 Å². The van der Waals surface area contributed by atoms with E-state index in [-0.39, 0.29) is 5.91 Å². The van der Waals surface area contributed by atoms with Gasteiger partial charge < -0.3 is 15.3 Å². The number of hydrogen-bond donors (Lipinski definition) is 2. The molecule has 2 fully saturated rings. The largest absolute Gasteiger partial charge is 0.386 e. The molecule has 1 aliphatic heterocycles. The van der Waals surface area contributed by atoms with Gasteiger partial charge in [-0.3, -0.25) is 9.78 Å². The van der Waals surface area contributed by atoms with Gasteiger partial charge in [-0.2, -0.15) is 0 Å². The maximum Gasteiger partial charge on any atom is 0.220 e. The highest BCUT2D eigenvalue weighted by Gasteiger charge is 2.37. The van der Waals surface area contributed by atoms with Gasteiger partial charge in [-0.15, -0.1) is 0 Å². The molecule has 1 saturated carbocycles. The number of nitrogens with zero attached hydrogens (tertiary/aromatic N) is 3. The number of amides is 1. The molecule has 0 aromatic carbocycles. The van der Waals surface area contributed by atoms with Gasteiger partial charge >= 0.3 is 0 Å². The highest BCUT2D eigenvalue weighted by molar-refractivity contribution is 5.76. The first-order valence-corrected chi connectivity index (χ1v) is 8.15. The van der Waals surface area contributed by atoms with Crippen LogP contribution in [0.15, 0.2) is 18.6 Å². The summed E-state index contributed by atoms with van der Waals surface area (Å²) >= 11 is 0. The monoisotopic (exact) mass is 304 g/mol. The molecule has 3 rings (SSSR count). The lowest BCUT2D eigenvalue weighted by molar-refractivity contribution is -0.123. The van der Waals surface area contributed by atoms with Gasteiger partial charge in [0.15, 0.2) is 0 Å². The van der Waals surface area contributed by atoms with Crippen LogP contribution in [-0.4, -0.2) is 46.2 Å². The zero-order valence-electron chi connectivity index (χ0n) is 12.9. The lowest BCUT2D eigenvalue weighted by Crippen LogP contribution is -2.45. The van der Waals surface area contributed by atoms with Crippen LogP contribution < -0.4 is 10.2 Å². The third-order valence-electron chi connectivity index (χ3n) is 4.77. The van der Waals surface area contributed by atoms with Crippen molar-refractivity contribution < 1.29 is 9.90 Å². The molecular formula is C16H24N4O2. The Labute approximate surface area is 131 Å². The summed E-state index contributed by atoms with van der Waals surface area (Å²) in [6.07, 6.45) is 11.0. The second-order valence-electron chi connectivity index (χ2n) is 6.59. The quantitative estimate of drug-likeness (QED) is 0.852. The SMILES string of the molecule is O=C(CC1CCCC1)NCC1(O)CCN(c2cnccn2)C1. The van der Waals surface area contributed by atoms with Crippen LogP contribution in [-0.2, 0) is 4.79 Å². The lowest BCUT2D eigenvalue weighted by atomic mass is 10.0. The Balaban J connectivity index is 1.47. The Hall–Kier alpha value is -1.69. The third kappa shape index (κ3) is 3.74. The van der Waals surface area contributed by atoms with E-state index < -0.39 is 5.60 Å². The van der Waals surface area contributed by atoms with Gasteiger partial charge in [-0.05, 0) is 25.2 Å². The third-order valence-corrected chi connectivity index (χ3v) is 4.77. The molecular weight excluding hydrogens is 280 g/mol. The van der Waals surface area contributed by atoms with Crippen molar-refractivity contribution in [2.75, 3.05) is 24.5 Å². The minimum atomic E-state index is -0.872. The normalized spacial score (nSPS) is 25.6. The zero-order valence-corrected chi connectivity index (χ0v) is 12.9. The maximum absolute atomic E-state index is 12.0. The van der Waals surface area contributed by atoms with Gasteiger partial charge in [0.2, 0.25) is 5.91 Å². The summed E-state index contributed by atoms with van der Waals surface area (Å²) in [5.41, 5.74) is -0.872. The summed E-state index contributed by atoms with van der Waals surface area (Å²) in [5, 5.41) is 13.5. The molecule has 6 heteroatoms. The average molecular weight is 304 g/mol. The summed E-state index contributed by atoms with van der Waals surface area (Å²) in [6.45, 7) is 1.53. The predicted molar refractivity (Wildman–Crippen MR) is 83.4 cm³/mol. The van der Waals surface area contributed by atoms with Crippen molar-refractivity contribution in [3.8, 4) is 0 Å². The fourth-order valence-corrected chi connectivity index (χ4v) is 3.46.